The number of rotatable bonds is 10. The molecule has 3 aromatic carbocycles. The maximum atomic E-state index is 6.17. The molecule has 1 heterocycles. The summed E-state index contributed by atoms with van der Waals surface area (Å²) in [7, 11) is 1.73. The minimum absolute atomic E-state index is 0.760. The van der Waals surface area contributed by atoms with E-state index in [9.17, 15) is 0 Å². The van der Waals surface area contributed by atoms with E-state index in [1.165, 1.54) is 16.7 Å². The van der Waals surface area contributed by atoms with Crippen LogP contribution in [0.15, 0.2) is 78.9 Å². The van der Waals surface area contributed by atoms with Crippen LogP contribution in [0.5, 0.6) is 11.5 Å². The first kappa shape index (κ1) is 22.4. The summed E-state index contributed by atoms with van der Waals surface area (Å²) in [5.74, 6) is 1.95. The van der Waals surface area contributed by atoms with Crippen molar-refractivity contribution in [3.05, 3.63) is 95.6 Å². The van der Waals surface area contributed by atoms with E-state index in [1.54, 1.807) is 7.11 Å². The lowest BCUT2D eigenvalue weighted by molar-refractivity contribution is 0.121. The third kappa shape index (κ3) is 6.59. The molecule has 0 unspecified atom stereocenters. The molecule has 0 radical (unpaired) electrons. The number of ether oxygens (including phenoxy) is 2. The molecular weight excluding hydrogens is 396 g/mol. The van der Waals surface area contributed by atoms with Crippen LogP contribution in [0.3, 0.4) is 0 Å². The Kier molecular flexibility index (Phi) is 8.18. The van der Waals surface area contributed by atoms with Crippen molar-refractivity contribution in [1.82, 2.24) is 9.80 Å². The lowest BCUT2D eigenvalue weighted by atomic mass is 10.0. The summed E-state index contributed by atoms with van der Waals surface area (Å²) in [6.45, 7) is 7.30. The van der Waals surface area contributed by atoms with Crippen LogP contribution in [0.2, 0.25) is 0 Å². The Balaban J connectivity index is 1.17. The van der Waals surface area contributed by atoms with E-state index in [2.05, 4.69) is 82.6 Å². The summed E-state index contributed by atoms with van der Waals surface area (Å²) in [5, 5.41) is 0. The minimum Gasteiger partial charge on any atom is -0.497 e. The number of nitrogens with zero attached hydrogens (tertiary/aromatic N) is 2. The van der Waals surface area contributed by atoms with Crippen LogP contribution in [0.4, 0.5) is 0 Å². The van der Waals surface area contributed by atoms with Gasteiger partial charge in [0.05, 0.1) is 13.7 Å². The number of benzene rings is 3. The number of methoxy groups -OCH3 is 1. The van der Waals surface area contributed by atoms with Gasteiger partial charge in [0.2, 0.25) is 0 Å². The van der Waals surface area contributed by atoms with E-state index in [1.807, 2.05) is 6.07 Å². The first-order valence-electron chi connectivity index (χ1n) is 11.6. The quantitative estimate of drug-likeness (QED) is 0.428. The SMILES string of the molecule is COc1cccc(CN2CCN(CCCOc3ccccc3Cc3ccccc3)CC2)c1. The molecule has 3 aromatic rings. The van der Waals surface area contributed by atoms with E-state index in [0.717, 1.165) is 70.2 Å². The molecule has 0 amide bonds. The Morgan fingerprint density at radius 3 is 2.28 bits per heavy atom. The van der Waals surface area contributed by atoms with Crippen LogP contribution in [0.1, 0.15) is 23.1 Å². The Bertz CT molecular complexity index is 952. The lowest BCUT2D eigenvalue weighted by Crippen LogP contribution is -2.46. The third-order valence-corrected chi connectivity index (χ3v) is 6.09. The van der Waals surface area contributed by atoms with Gasteiger partial charge in [-0.25, -0.2) is 0 Å². The molecule has 1 fully saturated rings. The van der Waals surface area contributed by atoms with E-state index in [4.69, 9.17) is 9.47 Å². The lowest BCUT2D eigenvalue weighted by Gasteiger charge is -2.34. The van der Waals surface area contributed by atoms with E-state index < -0.39 is 0 Å². The molecule has 0 N–H and O–H groups in total. The molecule has 1 aliphatic rings. The molecule has 168 valence electrons. The van der Waals surface area contributed by atoms with Gasteiger partial charge in [-0.15, -0.1) is 0 Å². The Hall–Kier alpha value is -2.82. The van der Waals surface area contributed by atoms with Gasteiger partial charge in [-0.3, -0.25) is 4.90 Å². The topological polar surface area (TPSA) is 24.9 Å². The fourth-order valence-electron chi connectivity index (χ4n) is 4.28. The predicted octanol–water partition coefficient (Wildman–Crippen LogP) is 4.87. The van der Waals surface area contributed by atoms with Crippen molar-refractivity contribution in [2.75, 3.05) is 46.4 Å². The number of hydrogen-bond donors (Lipinski definition) is 0. The van der Waals surface area contributed by atoms with Crippen molar-refractivity contribution in [3.63, 3.8) is 0 Å². The van der Waals surface area contributed by atoms with Crippen LogP contribution in [-0.2, 0) is 13.0 Å². The smallest absolute Gasteiger partial charge is 0.122 e. The normalized spacial score (nSPS) is 14.9. The van der Waals surface area contributed by atoms with Crippen LogP contribution in [0.25, 0.3) is 0 Å². The second-order valence-corrected chi connectivity index (χ2v) is 8.44. The largest absolute Gasteiger partial charge is 0.497 e. The van der Waals surface area contributed by atoms with Crippen molar-refractivity contribution in [2.45, 2.75) is 19.4 Å². The first-order valence-corrected chi connectivity index (χ1v) is 11.6. The Morgan fingerprint density at radius 1 is 0.750 bits per heavy atom. The van der Waals surface area contributed by atoms with Crippen molar-refractivity contribution in [2.24, 2.45) is 0 Å². The molecular formula is C28H34N2O2. The zero-order valence-electron chi connectivity index (χ0n) is 19.1. The van der Waals surface area contributed by atoms with Crippen LogP contribution in [-0.4, -0.2) is 56.2 Å². The summed E-state index contributed by atoms with van der Waals surface area (Å²) in [6.07, 6.45) is 1.96. The Morgan fingerprint density at radius 2 is 1.47 bits per heavy atom. The van der Waals surface area contributed by atoms with E-state index >= 15 is 0 Å². The van der Waals surface area contributed by atoms with Gasteiger partial charge < -0.3 is 14.4 Å². The predicted molar refractivity (Wildman–Crippen MR) is 131 cm³/mol. The van der Waals surface area contributed by atoms with Crippen molar-refractivity contribution >= 4 is 0 Å². The average Bonchev–Trinajstić information content (AvgIpc) is 2.84. The fraction of sp³-hybridized carbons (Fsp3) is 0.357. The monoisotopic (exact) mass is 430 g/mol. The van der Waals surface area contributed by atoms with Crippen LogP contribution in [0, 0.1) is 0 Å². The molecule has 4 rings (SSSR count). The Labute approximate surface area is 192 Å². The van der Waals surface area contributed by atoms with Gasteiger partial charge in [-0.2, -0.15) is 0 Å². The summed E-state index contributed by atoms with van der Waals surface area (Å²) >= 11 is 0. The zero-order valence-corrected chi connectivity index (χ0v) is 19.1. The van der Waals surface area contributed by atoms with Gasteiger partial charge in [-0.1, -0.05) is 60.7 Å². The first-order chi connectivity index (χ1) is 15.8. The van der Waals surface area contributed by atoms with Crippen molar-refractivity contribution in [1.29, 1.82) is 0 Å². The van der Waals surface area contributed by atoms with Crippen molar-refractivity contribution in [3.8, 4) is 11.5 Å². The summed E-state index contributed by atoms with van der Waals surface area (Å²) < 4.78 is 11.5. The van der Waals surface area contributed by atoms with Gasteiger partial charge in [0.15, 0.2) is 0 Å². The highest BCUT2D eigenvalue weighted by atomic mass is 16.5. The van der Waals surface area contributed by atoms with Gasteiger partial charge in [0.1, 0.15) is 11.5 Å². The summed E-state index contributed by atoms with van der Waals surface area (Å²) in [4.78, 5) is 5.09. The van der Waals surface area contributed by atoms with Gasteiger partial charge in [-0.05, 0) is 41.3 Å². The second-order valence-electron chi connectivity index (χ2n) is 8.44. The molecule has 0 saturated carbocycles. The molecule has 0 atom stereocenters. The fourth-order valence-corrected chi connectivity index (χ4v) is 4.28. The highest BCUT2D eigenvalue weighted by Crippen LogP contribution is 2.22. The van der Waals surface area contributed by atoms with Gasteiger partial charge in [0, 0.05) is 45.7 Å². The van der Waals surface area contributed by atoms with Crippen LogP contribution >= 0.6 is 0 Å². The molecule has 0 aliphatic carbocycles. The maximum Gasteiger partial charge on any atom is 0.122 e. The molecule has 0 aromatic heterocycles. The average molecular weight is 431 g/mol. The highest BCUT2D eigenvalue weighted by molar-refractivity contribution is 5.37. The minimum atomic E-state index is 0.760. The summed E-state index contributed by atoms with van der Waals surface area (Å²) in [6, 6.07) is 27.4. The molecule has 4 nitrogen and oxygen atoms in total. The third-order valence-electron chi connectivity index (χ3n) is 6.09. The van der Waals surface area contributed by atoms with Gasteiger partial charge >= 0.3 is 0 Å². The maximum absolute atomic E-state index is 6.17. The number of para-hydroxylation sites is 1. The number of hydrogen-bond acceptors (Lipinski definition) is 4. The molecule has 4 heteroatoms. The van der Waals surface area contributed by atoms with Crippen molar-refractivity contribution < 1.29 is 9.47 Å². The van der Waals surface area contributed by atoms with E-state index in [-0.39, 0.29) is 0 Å². The van der Waals surface area contributed by atoms with E-state index in [0.29, 0.717) is 0 Å². The molecule has 1 aliphatic heterocycles. The summed E-state index contributed by atoms with van der Waals surface area (Å²) in [5.41, 5.74) is 3.89. The van der Waals surface area contributed by atoms with Crippen LogP contribution < -0.4 is 9.47 Å². The second kappa shape index (κ2) is 11.7. The molecule has 1 saturated heterocycles. The molecule has 32 heavy (non-hydrogen) atoms. The zero-order chi connectivity index (χ0) is 22.0. The highest BCUT2D eigenvalue weighted by Gasteiger charge is 2.17. The standard InChI is InChI=1S/C28H34N2O2/c1-31-27-13-7-11-25(22-27)23-30-18-16-29(17-19-30)15-8-20-32-28-14-6-5-12-26(28)21-24-9-3-2-4-10-24/h2-7,9-14,22H,8,15-21,23H2,1H3. The molecule has 0 bridgehead atoms. The molecule has 0 spiro atoms. The number of piperazine rings is 1. The van der Waals surface area contributed by atoms with Gasteiger partial charge in [0.25, 0.3) is 0 Å².